The Kier molecular flexibility index (Phi) is 3.69. The molecule has 1 aromatic carbocycles. The highest BCUT2D eigenvalue weighted by Crippen LogP contribution is 2.25. The number of hydrogen-bond donors (Lipinski definition) is 0. The number of benzene rings is 1. The zero-order chi connectivity index (χ0) is 17.8. The van der Waals surface area contributed by atoms with Crippen molar-refractivity contribution in [2.24, 2.45) is 0 Å². The second kappa shape index (κ2) is 5.67. The van der Waals surface area contributed by atoms with Gasteiger partial charge in [-0.15, -0.1) is 0 Å². The number of nitrogens with zero attached hydrogens (tertiary/aromatic N) is 5. The lowest BCUT2D eigenvalue weighted by Crippen LogP contribution is -2.54. The van der Waals surface area contributed by atoms with E-state index >= 15 is 0 Å². The summed E-state index contributed by atoms with van der Waals surface area (Å²) in [5, 5.41) is 29.0. The van der Waals surface area contributed by atoms with Crippen molar-refractivity contribution in [3.8, 4) is 0 Å². The van der Waals surface area contributed by atoms with E-state index in [1.807, 2.05) is 0 Å². The quantitative estimate of drug-likeness (QED) is 0.503. The van der Waals surface area contributed by atoms with Crippen molar-refractivity contribution in [1.82, 2.24) is 9.40 Å². The van der Waals surface area contributed by atoms with Gasteiger partial charge in [-0.1, -0.05) is 0 Å². The summed E-state index contributed by atoms with van der Waals surface area (Å²) in [5.74, 6) is 0.0218. The van der Waals surface area contributed by atoms with E-state index in [-0.39, 0.29) is 24.6 Å². The predicted molar refractivity (Wildman–Crippen MR) is 90.3 cm³/mol. The van der Waals surface area contributed by atoms with Crippen molar-refractivity contribution in [2.45, 2.75) is 19.3 Å². The first kappa shape index (κ1) is 16.3. The maximum Gasteiger partial charge on any atom is 0.463 e. The van der Waals surface area contributed by atoms with Gasteiger partial charge in [0.25, 0.3) is 5.52 Å². The molecule has 4 rings (SSSR count). The Bertz CT molecular complexity index is 954. The van der Waals surface area contributed by atoms with E-state index in [9.17, 15) is 18.8 Å². The molecule has 134 valence electrons. The van der Waals surface area contributed by atoms with Gasteiger partial charge in [0.15, 0.2) is 5.52 Å². The van der Waals surface area contributed by atoms with Crippen LogP contribution in [0.2, 0.25) is 0 Å². The van der Waals surface area contributed by atoms with Gasteiger partial charge in [0.2, 0.25) is 15.1 Å². The molecule has 2 aromatic rings. The summed E-state index contributed by atoms with van der Waals surface area (Å²) in [6, 6.07) is 3.55. The smallest absolute Gasteiger partial charge is 0.463 e. The molecular formula is C15H19N5O4S. The molecule has 9 nitrogen and oxygen atoms in total. The Morgan fingerprint density at radius 3 is 2.24 bits per heavy atom. The zero-order valence-corrected chi connectivity index (χ0v) is 14.7. The molecule has 0 atom stereocenters. The van der Waals surface area contributed by atoms with Crippen LogP contribution < -0.4 is 14.5 Å². The van der Waals surface area contributed by atoms with Crippen molar-refractivity contribution in [1.29, 1.82) is 0 Å². The van der Waals surface area contributed by atoms with Crippen molar-refractivity contribution in [2.75, 3.05) is 37.3 Å². The molecular weight excluding hydrogens is 346 g/mol. The third-order valence-electron chi connectivity index (χ3n) is 4.97. The maximum atomic E-state index is 12.8. The van der Waals surface area contributed by atoms with Crippen molar-refractivity contribution in [3.05, 3.63) is 33.7 Å². The molecule has 0 unspecified atom stereocenters. The molecule has 0 radical (unpaired) electrons. The van der Waals surface area contributed by atoms with Crippen LogP contribution in [0.1, 0.15) is 17.5 Å². The van der Waals surface area contributed by atoms with E-state index < -0.39 is 10.0 Å². The van der Waals surface area contributed by atoms with Crippen LogP contribution in [0.25, 0.3) is 11.0 Å². The molecule has 0 N–H and O–H groups in total. The van der Waals surface area contributed by atoms with Gasteiger partial charge < -0.3 is 10.4 Å². The number of rotatable bonds is 2. The van der Waals surface area contributed by atoms with E-state index in [1.165, 1.54) is 4.31 Å². The fourth-order valence-electron chi connectivity index (χ4n) is 3.61. The van der Waals surface area contributed by atoms with Gasteiger partial charge in [0, 0.05) is 24.0 Å². The Balaban J connectivity index is 1.72. The highest BCUT2D eigenvalue weighted by molar-refractivity contribution is 7.88. The molecule has 1 saturated heterocycles. The van der Waals surface area contributed by atoms with E-state index in [0.717, 1.165) is 36.6 Å². The van der Waals surface area contributed by atoms with Crippen molar-refractivity contribution >= 4 is 27.0 Å². The van der Waals surface area contributed by atoms with Crippen LogP contribution in [-0.4, -0.2) is 50.3 Å². The van der Waals surface area contributed by atoms with Gasteiger partial charge in [-0.3, -0.25) is 4.90 Å². The largest absolute Gasteiger partial charge is 0.739 e. The molecule has 25 heavy (non-hydrogen) atoms. The van der Waals surface area contributed by atoms with Crippen LogP contribution in [0.15, 0.2) is 12.1 Å². The number of fused-ring (bicyclic) bond motifs is 2. The zero-order valence-electron chi connectivity index (χ0n) is 13.9. The standard InChI is InChI=1S/C15H19N5O4S/c1-25(23,24)18-7-5-17(6-8-18)15-16-20(22)14-10-12-4-2-3-11(12)9-13(14)19(15)21/h9-10H,2-8H2,1H3. The molecule has 1 aromatic heterocycles. The lowest BCUT2D eigenvalue weighted by molar-refractivity contribution is -0.673. The second-order valence-corrected chi connectivity index (χ2v) is 8.56. The van der Waals surface area contributed by atoms with Gasteiger partial charge in [-0.2, -0.15) is 4.31 Å². The van der Waals surface area contributed by atoms with Crippen LogP contribution in [0.5, 0.6) is 0 Å². The average molecular weight is 365 g/mol. The Hall–Kier alpha value is -2.20. The summed E-state index contributed by atoms with van der Waals surface area (Å²) < 4.78 is 25.3. The van der Waals surface area contributed by atoms with E-state index in [1.54, 1.807) is 17.0 Å². The van der Waals surface area contributed by atoms with Crippen LogP contribution in [0.3, 0.4) is 0 Å². The molecule has 0 saturated carbocycles. The summed E-state index contributed by atoms with van der Waals surface area (Å²) in [4.78, 5) is 2.16. The van der Waals surface area contributed by atoms with Crippen LogP contribution >= 0.6 is 0 Å². The minimum absolute atomic E-state index is 0.0218. The molecule has 0 bridgehead atoms. The molecule has 2 aliphatic rings. The number of piperazine rings is 1. The van der Waals surface area contributed by atoms with Gasteiger partial charge >= 0.3 is 5.95 Å². The summed E-state index contributed by atoms with van der Waals surface area (Å²) in [6.07, 6.45) is 4.02. The Morgan fingerprint density at radius 1 is 1.04 bits per heavy atom. The first-order valence-electron chi connectivity index (χ1n) is 8.23. The fraction of sp³-hybridized carbons (Fsp3) is 0.533. The first-order chi connectivity index (χ1) is 11.8. The number of sulfonamides is 1. The van der Waals surface area contributed by atoms with Gasteiger partial charge in [-0.25, -0.2) is 13.1 Å². The summed E-state index contributed by atoms with van der Waals surface area (Å²) in [7, 11) is -3.26. The summed E-state index contributed by atoms with van der Waals surface area (Å²) in [6.45, 7) is 1.17. The molecule has 1 aliphatic heterocycles. The van der Waals surface area contributed by atoms with Gasteiger partial charge in [0.05, 0.1) is 19.3 Å². The number of aromatic nitrogens is 3. The monoisotopic (exact) mass is 365 g/mol. The maximum absolute atomic E-state index is 12.8. The van der Waals surface area contributed by atoms with E-state index in [4.69, 9.17) is 0 Å². The topological polar surface area (TPSA) is 107 Å². The fourth-order valence-corrected chi connectivity index (χ4v) is 4.44. The van der Waals surface area contributed by atoms with Crippen LogP contribution in [0.4, 0.5) is 5.95 Å². The van der Waals surface area contributed by atoms with Crippen molar-refractivity contribution < 1.29 is 18.0 Å². The minimum Gasteiger partial charge on any atom is -0.739 e. The minimum atomic E-state index is -3.26. The number of hydrogen-bond acceptors (Lipinski definition) is 6. The molecule has 1 aliphatic carbocycles. The van der Waals surface area contributed by atoms with Crippen molar-refractivity contribution in [3.63, 3.8) is 0 Å². The van der Waals surface area contributed by atoms with E-state index in [2.05, 4.69) is 5.10 Å². The number of anilines is 1. The average Bonchev–Trinajstić information content (AvgIpc) is 3.03. The third kappa shape index (κ3) is 2.74. The normalized spacial score (nSPS) is 18.7. The Morgan fingerprint density at radius 2 is 1.64 bits per heavy atom. The number of aryl methyl sites for hydroxylation is 2. The van der Waals surface area contributed by atoms with Gasteiger partial charge in [0.1, 0.15) is 0 Å². The molecule has 0 spiro atoms. The highest BCUT2D eigenvalue weighted by Gasteiger charge is 2.33. The lowest BCUT2D eigenvalue weighted by atomic mass is 10.1. The highest BCUT2D eigenvalue weighted by atomic mass is 32.2. The SMILES string of the molecule is CS(=O)(=O)N1CCN(c2n[n+]([O-])c3cc4c(cc3[n+]2[O-])CCC4)CC1. The summed E-state index contributed by atoms with van der Waals surface area (Å²) in [5.41, 5.74) is 2.80. The third-order valence-corrected chi connectivity index (χ3v) is 6.27. The predicted octanol–water partition coefficient (Wildman–Crippen LogP) is -0.928. The molecule has 1 fully saturated rings. The van der Waals surface area contributed by atoms with Gasteiger partial charge in [-0.05, 0) is 36.5 Å². The summed E-state index contributed by atoms with van der Waals surface area (Å²) >= 11 is 0. The molecule has 0 amide bonds. The van der Waals surface area contributed by atoms with E-state index in [0.29, 0.717) is 28.2 Å². The Labute approximate surface area is 145 Å². The first-order valence-corrected chi connectivity index (χ1v) is 10.1. The van der Waals surface area contributed by atoms with Crippen LogP contribution in [-0.2, 0) is 22.9 Å². The molecule has 2 heterocycles. The second-order valence-electron chi connectivity index (χ2n) is 6.58. The molecule has 10 heteroatoms. The lowest BCUT2D eigenvalue weighted by Gasteiger charge is -2.30. The van der Waals surface area contributed by atoms with Crippen LogP contribution in [0, 0.1) is 10.4 Å².